The zero-order valence-corrected chi connectivity index (χ0v) is 19.7. The first-order valence-electron chi connectivity index (χ1n) is 11.2. The first-order valence-corrected chi connectivity index (χ1v) is 11.2. The van der Waals surface area contributed by atoms with Crippen LogP contribution in [0.2, 0.25) is 0 Å². The topological polar surface area (TPSA) is 114 Å². The Labute approximate surface area is 202 Å². The van der Waals surface area contributed by atoms with Gasteiger partial charge in [0, 0.05) is 13.5 Å². The van der Waals surface area contributed by atoms with E-state index in [1.54, 1.807) is 55.6 Å². The Morgan fingerprint density at radius 2 is 1.51 bits per heavy atom. The number of nitrogens with zero attached hydrogens (tertiary/aromatic N) is 2. The van der Waals surface area contributed by atoms with Crippen LogP contribution in [0.5, 0.6) is 0 Å². The van der Waals surface area contributed by atoms with Crippen LogP contribution in [0.25, 0.3) is 0 Å². The maximum Gasteiger partial charge on any atom is 0.338 e. The van der Waals surface area contributed by atoms with Gasteiger partial charge < -0.3 is 19.1 Å². The molecule has 35 heavy (non-hydrogen) atoms. The zero-order valence-electron chi connectivity index (χ0n) is 19.7. The van der Waals surface area contributed by atoms with Crippen molar-refractivity contribution in [2.75, 3.05) is 20.3 Å². The van der Waals surface area contributed by atoms with E-state index in [1.807, 2.05) is 13.8 Å². The van der Waals surface area contributed by atoms with Gasteiger partial charge >= 0.3 is 24.0 Å². The second kappa shape index (κ2) is 10.1. The second-order valence-electron chi connectivity index (χ2n) is 8.68. The summed E-state index contributed by atoms with van der Waals surface area (Å²) >= 11 is 0. The third-order valence-corrected chi connectivity index (χ3v) is 5.93. The van der Waals surface area contributed by atoms with Crippen LogP contribution in [-0.4, -0.2) is 72.6 Å². The molecular weight excluding hydrogens is 454 g/mol. The molecular formula is C25H27N3O7. The SMILES string of the molecule is Cc1ccc(C(=O)OC[C@@H]2O[C@@H](N3CN(C)C(=O)NC3=O)C[C@@H]2OC(=O)c2ccc(C)cc2)cc1. The van der Waals surface area contributed by atoms with Crippen LogP contribution in [0.3, 0.4) is 0 Å². The van der Waals surface area contributed by atoms with Gasteiger partial charge in [-0.25, -0.2) is 19.2 Å². The standard InChI is InChI=1S/C25H27N3O7/c1-15-4-8-17(9-5-15)22(29)33-13-20-19(35-23(30)18-10-6-16(2)7-11-18)12-21(34-20)28-14-27(3)24(31)26-25(28)32/h4-11,19-21H,12-14H2,1-3H3,(H,26,31,32)/t19-,20-,21+/m0/s1. The van der Waals surface area contributed by atoms with Gasteiger partial charge in [0.1, 0.15) is 31.7 Å². The summed E-state index contributed by atoms with van der Waals surface area (Å²) in [6.07, 6.45) is -2.22. The first-order chi connectivity index (χ1) is 16.7. The molecule has 2 fully saturated rings. The van der Waals surface area contributed by atoms with E-state index in [0.717, 1.165) is 11.1 Å². The Balaban J connectivity index is 1.47. The van der Waals surface area contributed by atoms with E-state index in [1.165, 1.54) is 9.80 Å². The highest BCUT2D eigenvalue weighted by atomic mass is 16.6. The molecule has 0 radical (unpaired) electrons. The number of amides is 4. The van der Waals surface area contributed by atoms with Crippen molar-refractivity contribution >= 4 is 24.0 Å². The van der Waals surface area contributed by atoms with Crippen molar-refractivity contribution in [3.05, 3.63) is 70.8 Å². The summed E-state index contributed by atoms with van der Waals surface area (Å²) in [6, 6.07) is 12.7. The van der Waals surface area contributed by atoms with E-state index < -0.39 is 42.4 Å². The normalized spacial score (nSPS) is 22.1. The molecule has 184 valence electrons. The minimum absolute atomic E-state index is 0.00381. The highest BCUT2D eigenvalue weighted by Gasteiger charge is 2.45. The summed E-state index contributed by atoms with van der Waals surface area (Å²) in [6.45, 7) is 3.65. The molecule has 3 atom stereocenters. The Bertz CT molecular complexity index is 1120. The lowest BCUT2D eigenvalue weighted by atomic mass is 10.1. The van der Waals surface area contributed by atoms with Crippen LogP contribution in [0, 0.1) is 13.8 Å². The van der Waals surface area contributed by atoms with E-state index >= 15 is 0 Å². The Hall–Kier alpha value is -3.92. The Morgan fingerprint density at radius 1 is 0.943 bits per heavy atom. The average molecular weight is 482 g/mol. The smallest absolute Gasteiger partial charge is 0.338 e. The van der Waals surface area contributed by atoms with Crippen LogP contribution in [-0.2, 0) is 14.2 Å². The van der Waals surface area contributed by atoms with Crippen molar-refractivity contribution in [1.29, 1.82) is 0 Å². The molecule has 2 aromatic rings. The predicted molar refractivity (Wildman–Crippen MR) is 124 cm³/mol. The summed E-state index contributed by atoms with van der Waals surface area (Å²) in [5, 5.41) is 2.23. The number of urea groups is 2. The van der Waals surface area contributed by atoms with Crippen molar-refractivity contribution in [2.45, 2.75) is 38.7 Å². The monoisotopic (exact) mass is 481 g/mol. The first kappa shape index (κ1) is 24.2. The van der Waals surface area contributed by atoms with Gasteiger partial charge in [-0.3, -0.25) is 10.2 Å². The fourth-order valence-corrected chi connectivity index (χ4v) is 3.83. The maximum atomic E-state index is 12.8. The number of nitrogens with one attached hydrogen (secondary N) is 1. The number of esters is 2. The summed E-state index contributed by atoms with van der Waals surface area (Å²) in [5.74, 6) is -1.09. The molecule has 4 amide bonds. The molecule has 2 aromatic carbocycles. The van der Waals surface area contributed by atoms with Crippen molar-refractivity contribution in [3.8, 4) is 0 Å². The third kappa shape index (κ3) is 5.60. The highest BCUT2D eigenvalue weighted by Crippen LogP contribution is 2.28. The molecule has 0 unspecified atom stereocenters. The molecule has 0 saturated carbocycles. The largest absolute Gasteiger partial charge is 0.459 e. The number of carbonyl (C=O) groups excluding carboxylic acids is 4. The summed E-state index contributed by atoms with van der Waals surface area (Å²) in [4.78, 5) is 52.1. The quantitative estimate of drug-likeness (QED) is 0.631. The van der Waals surface area contributed by atoms with Crippen LogP contribution in [0.1, 0.15) is 38.3 Å². The third-order valence-electron chi connectivity index (χ3n) is 5.93. The predicted octanol–water partition coefficient (Wildman–Crippen LogP) is 2.84. The van der Waals surface area contributed by atoms with Gasteiger partial charge in [0.2, 0.25) is 0 Å². The van der Waals surface area contributed by atoms with Crippen molar-refractivity contribution in [3.63, 3.8) is 0 Å². The molecule has 10 heteroatoms. The van der Waals surface area contributed by atoms with E-state index in [0.29, 0.717) is 11.1 Å². The second-order valence-corrected chi connectivity index (χ2v) is 8.68. The minimum atomic E-state index is -0.806. The van der Waals surface area contributed by atoms with E-state index in [9.17, 15) is 19.2 Å². The van der Waals surface area contributed by atoms with E-state index in [2.05, 4.69) is 5.32 Å². The Morgan fingerprint density at radius 3 is 2.11 bits per heavy atom. The van der Waals surface area contributed by atoms with Crippen LogP contribution < -0.4 is 5.32 Å². The van der Waals surface area contributed by atoms with E-state index in [4.69, 9.17) is 14.2 Å². The number of carbonyl (C=O) groups is 4. The molecule has 10 nitrogen and oxygen atoms in total. The molecule has 0 bridgehead atoms. The summed E-state index contributed by atoms with van der Waals surface area (Å²) in [7, 11) is 1.54. The number of imide groups is 1. The lowest BCUT2D eigenvalue weighted by molar-refractivity contribution is -0.0793. The van der Waals surface area contributed by atoms with Gasteiger partial charge in [-0.15, -0.1) is 0 Å². The van der Waals surface area contributed by atoms with Crippen LogP contribution in [0.4, 0.5) is 9.59 Å². The summed E-state index contributed by atoms with van der Waals surface area (Å²) < 4.78 is 17.2. The van der Waals surface area contributed by atoms with Crippen LogP contribution >= 0.6 is 0 Å². The molecule has 4 rings (SSSR count). The fraction of sp³-hybridized carbons (Fsp3) is 0.360. The van der Waals surface area contributed by atoms with Crippen molar-refractivity contribution < 1.29 is 33.4 Å². The molecule has 2 heterocycles. The lowest BCUT2D eigenvalue weighted by Gasteiger charge is -2.36. The molecule has 2 aliphatic heterocycles. The molecule has 2 saturated heterocycles. The number of ether oxygens (including phenoxy) is 3. The van der Waals surface area contributed by atoms with Gasteiger partial charge in [0.25, 0.3) is 0 Å². The van der Waals surface area contributed by atoms with Gasteiger partial charge in [-0.05, 0) is 38.1 Å². The number of aryl methyl sites for hydroxylation is 2. The van der Waals surface area contributed by atoms with E-state index in [-0.39, 0.29) is 19.7 Å². The average Bonchev–Trinajstić information content (AvgIpc) is 3.22. The molecule has 0 aromatic heterocycles. The van der Waals surface area contributed by atoms with Gasteiger partial charge in [0.15, 0.2) is 0 Å². The molecule has 1 N–H and O–H groups in total. The van der Waals surface area contributed by atoms with Gasteiger partial charge in [-0.2, -0.15) is 0 Å². The van der Waals surface area contributed by atoms with Crippen molar-refractivity contribution in [2.24, 2.45) is 0 Å². The molecule has 0 aliphatic carbocycles. The number of benzene rings is 2. The van der Waals surface area contributed by atoms with Gasteiger partial charge in [0.05, 0.1) is 11.1 Å². The highest BCUT2D eigenvalue weighted by molar-refractivity contribution is 5.95. The van der Waals surface area contributed by atoms with Gasteiger partial charge in [-0.1, -0.05) is 35.4 Å². The minimum Gasteiger partial charge on any atom is -0.459 e. The Kier molecular flexibility index (Phi) is 7.02. The lowest BCUT2D eigenvalue weighted by Crippen LogP contribution is -2.60. The number of rotatable bonds is 6. The molecule has 0 spiro atoms. The fourth-order valence-electron chi connectivity index (χ4n) is 3.83. The zero-order chi connectivity index (χ0) is 25.1. The summed E-state index contributed by atoms with van der Waals surface area (Å²) in [5.41, 5.74) is 2.76. The van der Waals surface area contributed by atoms with Crippen molar-refractivity contribution in [1.82, 2.24) is 15.1 Å². The molecule has 2 aliphatic rings. The number of hydrogen-bond acceptors (Lipinski definition) is 7. The number of hydrogen-bond donors (Lipinski definition) is 1. The van der Waals surface area contributed by atoms with Crippen LogP contribution in [0.15, 0.2) is 48.5 Å². The maximum absolute atomic E-state index is 12.8.